The fourth-order valence-electron chi connectivity index (χ4n) is 3.17. The minimum absolute atomic E-state index is 0.00551. The third-order valence-electron chi connectivity index (χ3n) is 4.62. The Kier molecular flexibility index (Phi) is 8.17. The van der Waals surface area contributed by atoms with Crippen molar-refractivity contribution in [1.29, 1.82) is 0 Å². The second-order valence-corrected chi connectivity index (χ2v) is 9.42. The van der Waals surface area contributed by atoms with Crippen LogP contribution in [0.5, 0.6) is 5.75 Å². The number of rotatable bonds is 10. The van der Waals surface area contributed by atoms with Gasteiger partial charge >= 0.3 is 12.1 Å². The number of hydrogen-bond donors (Lipinski definition) is 1. The van der Waals surface area contributed by atoms with Crippen molar-refractivity contribution in [1.82, 2.24) is 0 Å². The standard InChI is InChI=1S/C22H26F3NO5S/c1-15(2)26(32(29,30)18-9-5-4-6-10-18)19-13-12-17(22(23,24)25)14-20(19)31-16(3)8-7-11-21(27)28/h4-6,9-10,12-16H,7-8,11H2,1-3H3,(H,27,28). The molecule has 2 aromatic carbocycles. The van der Waals surface area contributed by atoms with Crippen LogP contribution in [0.4, 0.5) is 18.9 Å². The summed E-state index contributed by atoms with van der Waals surface area (Å²) in [4.78, 5) is 10.7. The third-order valence-corrected chi connectivity index (χ3v) is 6.63. The minimum atomic E-state index is -4.65. The number of ether oxygens (including phenoxy) is 1. The van der Waals surface area contributed by atoms with Crippen LogP contribution in [-0.4, -0.2) is 31.6 Å². The van der Waals surface area contributed by atoms with Crippen LogP contribution in [0.15, 0.2) is 53.4 Å². The Morgan fingerprint density at radius 2 is 1.72 bits per heavy atom. The van der Waals surface area contributed by atoms with Crippen LogP contribution in [0, 0.1) is 0 Å². The Morgan fingerprint density at radius 3 is 2.25 bits per heavy atom. The van der Waals surface area contributed by atoms with Gasteiger partial charge in [0, 0.05) is 12.5 Å². The average molecular weight is 474 g/mol. The van der Waals surface area contributed by atoms with Crippen LogP contribution in [0.2, 0.25) is 0 Å². The molecule has 2 aromatic rings. The monoisotopic (exact) mass is 473 g/mol. The van der Waals surface area contributed by atoms with Crippen molar-refractivity contribution in [3.63, 3.8) is 0 Å². The second kappa shape index (κ2) is 10.2. The molecule has 0 aliphatic heterocycles. The van der Waals surface area contributed by atoms with E-state index in [9.17, 15) is 26.4 Å². The molecule has 176 valence electrons. The predicted octanol–water partition coefficient (Wildman–Crippen LogP) is 5.33. The summed E-state index contributed by atoms with van der Waals surface area (Å²) >= 11 is 0. The van der Waals surface area contributed by atoms with Crippen molar-refractivity contribution in [2.45, 2.75) is 63.3 Å². The van der Waals surface area contributed by atoms with Crippen LogP contribution in [0.3, 0.4) is 0 Å². The van der Waals surface area contributed by atoms with E-state index in [0.717, 1.165) is 22.5 Å². The lowest BCUT2D eigenvalue weighted by atomic mass is 10.1. The number of anilines is 1. The lowest BCUT2D eigenvalue weighted by Gasteiger charge is -2.31. The Labute approximate surface area is 185 Å². The van der Waals surface area contributed by atoms with Gasteiger partial charge in [-0.05, 0) is 63.9 Å². The first-order valence-corrected chi connectivity index (χ1v) is 11.5. The number of carboxylic acid groups (broad SMARTS) is 1. The van der Waals surface area contributed by atoms with Gasteiger partial charge in [0.1, 0.15) is 5.75 Å². The molecule has 0 aliphatic carbocycles. The summed E-state index contributed by atoms with van der Waals surface area (Å²) in [5.74, 6) is -1.23. The van der Waals surface area contributed by atoms with Gasteiger partial charge in [-0.1, -0.05) is 18.2 Å². The summed E-state index contributed by atoms with van der Waals surface area (Å²) in [7, 11) is -4.09. The molecular formula is C22H26F3NO5S. The fourth-order valence-corrected chi connectivity index (χ4v) is 4.87. The van der Waals surface area contributed by atoms with Gasteiger partial charge in [-0.3, -0.25) is 9.10 Å². The van der Waals surface area contributed by atoms with E-state index < -0.39 is 39.9 Å². The Hall–Kier alpha value is -2.75. The smallest absolute Gasteiger partial charge is 0.416 e. The zero-order valence-corrected chi connectivity index (χ0v) is 18.8. The lowest BCUT2D eigenvalue weighted by molar-refractivity contribution is -0.138. The SMILES string of the molecule is CC(CCCC(=O)O)Oc1cc(C(F)(F)F)ccc1N(C(C)C)S(=O)(=O)c1ccccc1. The van der Waals surface area contributed by atoms with Crippen molar-refractivity contribution in [2.24, 2.45) is 0 Å². The van der Waals surface area contributed by atoms with Gasteiger partial charge in [0.05, 0.1) is 22.3 Å². The highest BCUT2D eigenvalue weighted by molar-refractivity contribution is 7.92. The zero-order chi connectivity index (χ0) is 24.1. The fraction of sp³-hybridized carbons (Fsp3) is 0.409. The zero-order valence-electron chi connectivity index (χ0n) is 18.0. The van der Waals surface area contributed by atoms with Gasteiger partial charge in [0.15, 0.2) is 0 Å². The van der Waals surface area contributed by atoms with Gasteiger partial charge < -0.3 is 9.84 Å². The second-order valence-electron chi connectivity index (χ2n) is 7.60. The first-order chi connectivity index (χ1) is 14.8. The first-order valence-electron chi connectivity index (χ1n) is 10.0. The van der Waals surface area contributed by atoms with Crippen LogP contribution in [-0.2, 0) is 21.0 Å². The summed E-state index contributed by atoms with van der Waals surface area (Å²) in [6.07, 6.45) is -4.85. The number of halogens is 3. The lowest BCUT2D eigenvalue weighted by Crippen LogP contribution is -2.37. The maximum absolute atomic E-state index is 13.3. The maximum Gasteiger partial charge on any atom is 0.416 e. The molecule has 6 nitrogen and oxygen atoms in total. The van der Waals surface area contributed by atoms with Gasteiger partial charge in [0.25, 0.3) is 10.0 Å². The molecule has 0 radical (unpaired) electrons. The topological polar surface area (TPSA) is 83.9 Å². The van der Waals surface area contributed by atoms with Crippen molar-refractivity contribution in [2.75, 3.05) is 4.31 Å². The highest BCUT2D eigenvalue weighted by Crippen LogP contribution is 2.40. The van der Waals surface area contributed by atoms with Crippen molar-refractivity contribution in [3.8, 4) is 5.75 Å². The van der Waals surface area contributed by atoms with Crippen LogP contribution >= 0.6 is 0 Å². The number of hydrogen-bond acceptors (Lipinski definition) is 4. The Bertz CT molecular complexity index is 1020. The summed E-state index contributed by atoms with van der Waals surface area (Å²) in [5, 5.41) is 8.78. The average Bonchev–Trinajstić information content (AvgIpc) is 2.68. The van der Waals surface area contributed by atoms with Gasteiger partial charge in [-0.15, -0.1) is 0 Å². The molecule has 0 spiro atoms. The van der Waals surface area contributed by atoms with E-state index in [1.54, 1.807) is 39.0 Å². The molecule has 1 N–H and O–H groups in total. The van der Waals surface area contributed by atoms with Crippen molar-refractivity contribution >= 4 is 21.7 Å². The van der Waals surface area contributed by atoms with E-state index in [-0.39, 0.29) is 35.6 Å². The third kappa shape index (κ3) is 6.38. The van der Waals surface area contributed by atoms with Crippen LogP contribution in [0.25, 0.3) is 0 Å². The summed E-state index contributed by atoms with van der Waals surface area (Å²) in [6, 6.07) is 9.63. The normalized spacial score (nSPS) is 13.1. The molecule has 0 amide bonds. The molecule has 0 bridgehead atoms. The Morgan fingerprint density at radius 1 is 1.09 bits per heavy atom. The molecule has 0 heterocycles. The van der Waals surface area contributed by atoms with Crippen molar-refractivity contribution in [3.05, 3.63) is 54.1 Å². The molecule has 0 fully saturated rings. The summed E-state index contributed by atoms with van der Waals surface area (Å²) in [5.41, 5.74) is -1.00. The van der Waals surface area contributed by atoms with E-state index >= 15 is 0 Å². The molecule has 0 aromatic heterocycles. The number of sulfonamides is 1. The molecule has 0 saturated carbocycles. The first kappa shape index (κ1) is 25.5. The molecular weight excluding hydrogens is 447 g/mol. The van der Waals surface area contributed by atoms with Gasteiger partial charge in [0.2, 0.25) is 0 Å². The van der Waals surface area contributed by atoms with E-state index in [0.29, 0.717) is 0 Å². The Balaban J connectivity index is 2.52. The molecule has 1 atom stereocenters. The molecule has 0 aliphatic rings. The molecule has 10 heteroatoms. The summed E-state index contributed by atoms with van der Waals surface area (Å²) < 4.78 is 73.4. The highest BCUT2D eigenvalue weighted by Gasteiger charge is 2.35. The summed E-state index contributed by atoms with van der Waals surface area (Å²) in [6.45, 7) is 4.81. The van der Waals surface area contributed by atoms with E-state index in [2.05, 4.69) is 0 Å². The molecule has 2 rings (SSSR count). The minimum Gasteiger partial charge on any atom is -0.488 e. The predicted molar refractivity (Wildman–Crippen MR) is 114 cm³/mol. The van der Waals surface area contributed by atoms with E-state index in [1.807, 2.05) is 0 Å². The number of nitrogens with zero attached hydrogens (tertiary/aromatic N) is 1. The maximum atomic E-state index is 13.3. The van der Waals surface area contributed by atoms with E-state index in [4.69, 9.17) is 9.84 Å². The molecule has 32 heavy (non-hydrogen) atoms. The number of carboxylic acids is 1. The van der Waals surface area contributed by atoms with E-state index in [1.165, 1.54) is 12.1 Å². The van der Waals surface area contributed by atoms with Crippen LogP contribution < -0.4 is 9.04 Å². The number of aliphatic carboxylic acids is 1. The van der Waals surface area contributed by atoms with Gasteiger partial charge in [-0.25, -0.2) is 8.42 Å². The number of benzene rings is 2. The number of alkyl halides is 3. The number of carbonyl (C=O) groups is 1. The van der Waals surface area contributed by atoms with Crippen molar-refractivity contribution < 1.29 is 36.2 Å². The molecule has 1 unspecified atom stereocenters. The molecule has 0 saturated heterocycles. The van der Waals surface area contributed by atoms with Crippen LogP contribution in [0.1, 0.15) is 45.6 Å². The highest BCUT2D eigenvalue weighted by atomic mass is 32.2. The quantitative estimate of drug-likeness (QED) is 0.504. The van der Waals surface area contributed by atoms with Gasteiger partial charge in [-0.2, -0.15) is 13.2 Å². The largest absolute Gasteiger partial charge is 0.488 e.